The smallest absolute Gasteiger partial charge is 0.267 e. The lowest BCUT2D eigenvalue weighted by Gasteiger charge is -2.24. The van der Waals surface area contributed by atoms with Crippen molar-refractivity contribution < 1.29 is 12.8 Å². The molecule has 0 fully saturated rings. The van der Waals surface area contributed by atoms with E-state index in [4.69, 9.17) is 17.3 Å². The molecule has 21 heavy (non-hydrogen) atoms. The van der Waals surface area contributed by atoms with Gasteiger partial charge in [-0.15, -0.1) is 0 Å². The Bertz CT molecular complexity index is 745. The SMILES string of the molecule is CCN(c1cccc(F)c1)S(=O)(=O)c1c(N)cccc1Cl. The fraction of sp³-hybridized carbons (Fsp3) is 0.143. The summed E-state index contributed by atoms with van der Waals surface area (Å²) in [6.45, 7) is 1.77. The molecule has 2 N–H and O–H groups in total. The minimum absolute atomic E-state index is 0.0323. The molecule has 0 amide bonds. The third-order valence-electron chi connectivity index (χ3n) is 2.93. The van der Waals surface area contributed by atoms with Crippen LogP contribution in [0, 0.1) is 5.82 Å². The number of nitrogens with two attached hydrogens (primary N) is 1. The van der Waals surface area contributed by atoms with Gasteiger partial charge in [0.1, 0.15) is 10.7 Å². The molecule has 0 atom stereocenters. The molecule has 2 aromatic rings. The third-order valence-corrected chi connectivity index (χ3v) is 5.38. The third kappa shape index (κ3) is 2.96. The van der Waals surface area contributed by atoms with Gasteiger partial charge in [0.05, 0.1) is 16.4 Å². The number of halogens is 2. The van der Waals surface area contributed by atoms with Gasteiger partial charge in [-0.3, -0.25) is 4.31 Å². The summed E-state index contributed by atoms with van der Waals surface area (Å²) in [6, 6.07) is 9.81. The van der Waals surface area contributed by atoms with Crippen LogP contribution in [-0.4, -0.2) is 15.0 Å². The highest BCUT2D eigenvalue weighted by Gasteiger charge is 2.28. The van der Waals surface area contributed by atoms with Crippen LogP contribution >= 0.6 is 11.6 Å². The average molecular weight is 329 g/mol. The zero-order chi connectivity index (χ0) is 15.6. The minimum Gasteiger partial charge on any atom is -0.398 e. The van der Waals surface area contributed by atoms with E-state index >= 15 is 0 Å². The Kier molecular flexibility index (Phi) is 4.39. The Hall–Kier alpha value is -1.79. The molecule has 0 bridgehead atoms. The number of hydrogen-bond donors (Lipinski definition) is 1. The van der Waals surface area contributed by atoms with Crippen molar-refractivity contribution in [3.8, 4) is 0 Å². The Morgan fingerprint density at radius 3 is 2.48 bits per heavy atom. The van der Waals surface area contributed by atoms with Gasteiger partial charge < -0.3 is 5.73 Å². The highest BCUT2D eigenvalue weighted by Crippen LogP contribution is 2.32. The maximum atomic E-state index is 13.3. The summed E-state index contributed by atoms with van der Waals surface area (Å²) >= 11 is 5.97. The summed E-state index contributed by atoms with van der Waals surface area (Å²) in [5.74, 6) is -0.520. The van der Waals surface area contributed by atoms with Gasteiger partial charge >= 0.3 is 0 Å². The lowest BCUT2D eigenvalue weighted by Crippen LogP contribution is -2.31. The fourth-order valence-corrected chi connectivity index (χ4v) is 4.14. The molecule has 0 aliphatic heterocycles. The van der Waals surface area contributed by atoms with Crippen LogP contribution in [0.2, 0.25) is 5.02 Å². The predicted octanol–water partition coefficient (Wildman–Crippen LogP) is 3.28. The maximum absolute atomic E-state index is 13.3. The van der Waals surface area contributed by atoms with E-state index in [-0.39, 0.29) is 27.8 Å². The summed E-state index contributed by atoms with van der Waals surface area (Å²) in [6.07, 6.45) is 0. The van der Waals surface area contributed by atoms with Gasteiger partial charge in [0.25, 0.3) is 10.0 Å². The molecule has 0 spiro atoms. The second-order valence-electron chi connectivity index (χ2n) is 4.31. The van der Waals surface area contributed by atoms with Crippen LogP contribution in [0.3, 0.4) is 0 Å². The van der Waals surface area contributed by atoms with Crippen LogP contribution in [0.5, 0.6) is 0 Å². The van der Waals surface area contributed by atoms with E-state index in [1.54, 1.807) is 13.0 Å². The van der Waals surface area contributed by atoms with Crippen LogP contribution in [0.25, 0.3) is 0 Å². The van der Waals surface area contributed by atoms with Crippen molar-refractivity contribution in [2.45, 2.75) is 11.8 Å². The summed E-state index contributed by atoms with van der Waals surface area (Å²) in [4.78, 5) is -0.169. The van der Waals surface area contributed by atoms with Crippen LogP contribution in [0.1, 0.15) is 6.92 Å². The number of nitrogens with zero attached hydrogens (tertiary/aromatic N) is 1. The zero-order valence-corrected chi connectivity index (χ0v) is 12.8. The molecule has 0 radical (unpaired) electrons. The van der Waals surface area contributed by atoms with Gasteiger partial charge in [0.15, 0.2) is 0 Å². The molecule has 0 saturated heterocycles. The second kappa shape index (κ2) is 5.91. The first kappa shape index (κ1) is 15.6. The highest BCUT2D eigenvalue weighted by atomic mass is 35.5. The van der Waals surface area contributed by atoms with Crippen molar-refractivity contribution >= 4 is 33.0 Å². The summed E-state index contributed by atoms with van der Waals surface area (Å²) in [7, 11) is -3.97. The Balaban J connectivity index is 2.61. The van der Waals surface area contributed by atoms with Crippen LogP contribution in [0.15, 0.2) is 47.4 Å². The normalized spacial score (nSPS) is 11.4. The van der Waals surface area contributed by atoms with Crippen LogP contribution < -0.4 is 10.0 Å². The Morgan fingerprint density at radius 1 is 1.24 bits per heavy atom. The first-order chi connectivity index (χ1) is 9.87. The van der Waals surface area contributed by atoms with Crippen molar-refractivity contribution in [2.24, 2.45) is 0 Å². The molecule has 0 aliphatic carbocycles. The molecule has 7 heteroatoms. The van der Waals surface area contributed by atoms with E-state index < -0.39 is 15.8 Å². The minimum atomic E-state index is -3.97. The topological polar surface area (TPSA) is 63.4 Å². The molecular formula is C14H14ClFN2O2S. The monoisotopic (exact) mass is 328 g/mol. The molecule has 2 rings (SSSR count). The molecule has 4 nitrogen and oxygen atoms in total. The van der Waals surface area contributed by atoms with Crippen molar-refractivity contribution in [3.05, 3.63) is 53.3 Å². The van der Waals surface area contributed by atoms with Crippen molar-refractivity contribution in [1.82, 2.24) is 0 Å². The molecule has 0 unspecified atom stereocenters. The van der Waals surface area contributed by atoms with E-state index in [1.165, 1.54) is 30.3 Å². The van der Waals surface area contributed by atoms with Crippen LogP contribution in [0.4, 0.5) is 15.8 Å². The molecule has 112 valence electrons. The zero-order valence-electron chi connectivity index (χ0n) is 11.3. The van der Waals surface area contributed by atoms with Gasteiger partial charge in [-0.2, -0.15) is 0 Å². The largest absolute Gasteiger partial charge is 0.398 e. The van der Waals surface area contributed by atoms with E-state index in [2.05, 4.69) is 0 Å². The quantitative estimate of drug-likeness (QED) is 0.876. The number of anilines is 2. The van der Waals surface area contributed by atoms with Gasteiger partial charge in [0, 0.05) is 6.54 Å². The number of hydrogen-bond acceptors (Lipinski definition) is 3. The summed E-state index contributed by atoms with van der Waals surface area (Å²) in [5, 5.41) is 0.0323. The molecule has 2 aromatic carbocycles. The fourth-order valence-electron chi connectivity index (χ4n) is 2.03. The molecule has 0 saturated carbocycles. The molecule has 0 aromatic heterocycles. The van der Waals surface area contributed by atoms with Gasteiger partial charge in [-0.25, -0.2) is 12.8 Å². The maximum Gasteiger partial charge on any atom is 0.267 e. The van der Waals surface area contributed by atoms with E-state index in [0.29, 0.717) is 0 Å². The lowest BCUT2D eigenvalue weighted by atomic mass is 10.3. The highest BCUT2D eigenvalue weighted by molar-refractivity contribution is 7.93. The number of sulfonamides is 1. The van der Waals surface area contributed by atoms with E-state index in [1.807, 2.05) is 0 Å². The molecular weight excluding hydrogens is 315 g/mol. The summed E-state index contributed by atoms with van der Waals surface area (Å²) < 4.78 is 39.9. The molecule has 0 heterocycles. The Morgan fingerprint density at radius 2 is 1.90 bits per heavy atom. The summed E-state index contributed by atoms with van der Waals surface area (Å²) in [5.41, 5.74) is 6.02. The van der Waals surface area contributed by atoms with Crippen molar-refractivity contribution in [3.63, 3.8) is 0 Å². The van der Waals surface area contributed by atoms with Crippen molar-refractivity contribution in [2.75, 3.05) is 16.6 Å². The number of benzene rings is 2. The van der Waals surface area contributed by atoms with Crippen molar-refractivity contribution in [1.29, 1.82) is 0 Å². The number of nitrogen functional groups attached to an aromatic ring is 1. The second-order valence-corrected chi connectivity index (χ2v) is 6.51. The first-order valence-corrected chi connectivity index (χ1v) is 8.02. The van der Waals surface area contributed by atoms with Gasteiger partial charge in [0.2, 0.25) is 0 Å². The van der Waals surface area contributed by atoms with Gasteiger partial charge in [-0.05, 0) is 37.3 Å². The van der Waals surface area contributed by atoms with Crippen LogP contribution in [-0.2, 0) is 10.0 Å². The van der Waals surface area contributed by atoms with Gasteiger partial charge in [-0.1, -0.05) is 23.7 Å². The molecule has 0 aliphatic rings. The predicted molar refractivity (Wildman–Crippen MR) is 82.5 cm³/mol. The van der Waals surface area contributed by atoms with E-state index in [0.717, 1.165) is 10.4 Å². The van der Waals surface area contributed by atoms with E-state index in [9.17, 15) is 12.8 Å². The number of rotatable bonds is 4. The first-order valence-electron chi connectivity index (χ1n) is 6.20. The Labute approximate surface area is 128 Å². The standard InChI is InChI=1S/C14H14ClFN2O2S/c1-2-18(11-6-3-5-10(16)9-11)21(19,20)14-12(15)7-4-8-13(14)17/h3-9H,2,17H2,1H3. The lowest BCUT2D eigenvalue weighted by molar-refractivity contribution is 0.592. The average Bonchev–Trinajstić information content (AvgIpc) is 2.38.